The Morgan fingerprint density at radius 1 is 0.364 bits per heavy atom. The minimum atomic E-state index is 1.19. The van der Waals surface area contributed by atoms with Crippen molar-refractivity contribution in [2.75, 3.05) is 0 Å². The average molecular weight is 420 g/mol. The van der Waals surface area contributed by atoms with Crippen LogP contribution in [0.4, 0.5) is 0 Å². The third-order valence-electron chi connectivity index (χ3n) is 6.81. The van der Waals surface area contributed by atoms with E-state index in [1.165, 1.54) is 65.6 Å². The van der Waals surface area contributed by atoms with Crippen LogP contribution in [-0.4, -0.2) is 4.98 Å². The quantitative estimate of drug-likeness (QED) is 0.288. The van der Waals surface area contributed by atoms with Crippen molar-refractivity contribution in [2.24, 2.45) is 0 Å². The van der Waals surface area contributed by atoms with Crippen molar-refractivity contribution in [3.63, 3.8) is 0 Å². The van der Waals surface area contributed by atoms with E-state index in [9.17, 15) is 0 Å². The normalized spacial score (nSPS) is 11.6. The number of nitrogens with one attached hydrogen (secondary N) is 1. The SMILES string of the molecule is c1cc(-c2cccc3ccccc23)cc(-c2cccc3c2[nH]c2c4ccccc4ccc32)c1. The molecule has 0 saturated heterocycles. The first-order valence-electron chi connectivity index (χ1n) is 11.4. The Labute approximate surface area is 191 Å². The fourth-order valence-electron chi connectivity index (χ4n) is 5.24. The van der Waals surface area contributed by atoms with Crippen molar-refractivity contribution < 1.29 is 0 Å². The van der Waals surface area contributed by atoms with Crippen LogP contribution in [0.15, 0.2) is 121 Å². The molecule has 0 unspecified atom stereocenters. The zero-order valence-electron chi connectivity index (χ0n) is 18.0. The van der Waals surface area contributed by atoms with Gasteiger partial charge < -0.3 is 4.98 Å². The van der Waals surface area contributed by atoms with Gasteiger partial charge in [-0.1, -0.05) is 115 Å². The third-order valence-corrected chi connectivity index (χ3v) is 6.81. The number of hydrogen-bond acceptors (Lipinski definition) is 0. The highest BCUT2D eigenvalue weighted by Crippen LogP contribution is 2.37. The molecule has 1 N–H and O–H groups in total. The summed E-state index contributed by atoms with van der Waals surface area (Å²) in [6, 6.07) is 43.7. The van der Waals surface area contributed by atoms with E-state index in [4.69, 9.17) is 0 Å². The van der Waals surface area contributed by atoms with Gasteiger partial charge in [-0.15, -0.1) is 0 Å². The van der Waals surface area contributed by atoms with Crippen LogP contribution in [-0.2, 0) is 0 Å². The first-order valence-corrected chi connectivity index (χ1v) is 11.4. The highest BCUT2D eigenvalue weighted by molar-refractivity contribution is 6.19. The van der Waals surface area contributed by atoms with Crippen molar-refractivity contribution in [3.8, 4) is 22.3 Å². The minimum absolute atomic E-state index is 1.19. The smallest absolute Gasteiger partial charge is 0.0544 e. The predicted molar refractivity (Wildman–Crippen MR) is 142 cm³/mol. The summed E-state index contributed by atoms with van der Waals surface area (Å²) in [4.78, 5) is 3.78. The van der Waals surface area contributed by atoms with Gasteiger partial charge in [0.2, 0.25) is 0 Å². The Morgan fingerprint density at radius 3 is 1.82 bits per heavy atom. The second kappa shape index (κ2) is 7.08. The fraction of sp³-hybridized carbons (Fsp3) is 0. The van der Waals surface area contributed by atoms with E-state index in [2.05, 4.69) is 126 Å². The molecule has 0 atom stereocenters. The number of para-hydroxylation sites is 1. The van der Waals surface area contributed by atoms with E-state index in [0.717, 1.165) is 0 Å². The standard InChI is InChI=1S/C32H21N/c1-3-13-25-21(8-1)10-6-15-26(25)23-11-5-12-24(20-23)28-16-7-17-29-30-19-18-22-9-2-4-14-27(22)31(30)33-32(28)29/h1-20,33H. The molecule has 7 rings (SSSR count). The van der Waals surface area contributed by atoms with E-state index in [0.29, 0.717) is 0 Å². The lowest BCUT2D eigenvalue weighted by Gasteiger charge is -2.10. The first-order chi connectivity index (χ1) is 16.4. The second-order valence-electron chi connectivity index (χ2n) is 8.67. The highest BCUT2D eigenvalue weighted by Gasteiger charge is 2.12. The van der Waals surface area contributed by atoms with Crippen molar-refractivity contribution >= 4 is 43.4 Å². The van der Waals surface area contributed by atoms with Crippen LogP contribution in [0.2, 0.25) is 0 Å². The van der Waals surface area contributed by atoms with Crippen LogP contribution >= 0.6 is 0 Å². The maximum absolute atomic E-state index is 3.78. The zero-order valence-corrected chi connectivity index (χ0v) is 18.0. The van der Waals surface area contributed by atoms with Gasteiger partial charge in [0, 0.05) is 21.7 Å². The van der Waals surface area contributed by atoms with Gasteiger partial charge in [-0.25, -0.2) is 0 Å². The Kier molecular flexibility index (Phi) is 3.91. The zero-order chi connectivity index (χ0) is 21.8. The van der Waals surface area contributed by atoms with E-state index in [-0.39, 0.29) is 0 Å². The van der Waals surface area contributed by atoms with Crippen LogP contribution in [0.25, 0.3) is 65.6 Å². The molecule has 0 aliphatic carbocycles. The molecule has 33 heavy (non-hydrogen) atoms. The molecule has 1 nitrogen and oxygen atoms in total. The van der Waals surface area contributed by atoms with Crippen molar-refractivity contribution in [2.45, 2.75) is 0 Å². The molecule has 0 fully saturated rings. The summed E-state index contributed by atoms with van der Waals surface area (Å²) in [5, 5.41) is 7.62. The molecular weight excluding hydrogens is 398 g/mol. The molecule has 154 valence electrons. The molecule has 1 aromatic heterocycles. The Bertz CT molecular complexity index is 1810. The summed E-state index contributed by atoms with van der Waals surface area (Å²) in [6.45, 7) is 0. The highest BCUT2D eigenvalue weighted by atomic mass is 14.7. The number of aromatic nitrogens is 1. The molecule has 0 amide bonds. The average Bonchev–Trinajstić information content (AvgIpc) is 3.28. The summed E-state index contributed by atoms with van der Waals surface area (Å²) in [5.74, 6) is 0. The van der Waals surface area contributed by atoms with Crippen molar-refractivity contribution in [1.82, 2.24) is 4.98 Å². The van der Waals surface area contributed by atoms with Crippen LogP contribution in [0.1, 0.15) is 0 Å². The largest absolute Gasteiger partial charge is 0.353 e. The van der Waals surface area contributed by atoms with Crippen LogP contribution in [0.5, 0.6) is 0 Å². The fourth-order valence-corrected chi connectivity index (χ4v) is 5.24. The topological polar surface area (TPSA) is 15.8 Å². The molecule has 1 heterocycles. The molecule has 0 aliphatic rings. The van der Waals surface area contributed by atoms with E-state index < -0.39 is 0 Å². The predicted octanol–water partition coefficient (Wildman–Crippen LogP) is 8.96. The van der Waals surface area contributed by atoms with Crippen molar-refractivity contribution in [3.05, 3.63) is 121 Å². The molecule has 0 radical (unpaired) electrons. The van der Waals surface area contributed by atoms with Crippen molar-refractivity contribution in [1.29, 1.82) is 0 Å². The summed E-state index contributed by atoms with van der Waals surface area (Å²) < 4.78 is 0. The lowest BCUT2D eigenvalue weighted by atomic mass is 9.94. The van der Waals surface area contributed by atoms with Gasteiger partial charge in [0.05, 0.1) is 11.0 Å². The minimum Gasteiger partial charge on any atom is -0.353 e. The molecule has 6 aromatic carbocycles. The molecule has 1 heteroatoms. The summed E-state index contributed by atoms with van der Waals surface area (Å²) in [6.07, 6.45) is 0. The Balaban J connectivity index is 1.47. The van der Waals surface area contributed by atoms with Gasteiger partial charge >= 0.3 is 0 Å². The molecular formula is C32H21N. The van der Waals surface area contributed by atoms with Crippen LogP contribution in [0, 0.1) is 0 Å². The molecule has 0 saturated carbocycles. The number of aromatic amines is 1. The van der Waals surface area contributed by atoms with Crippen LogP contribution in [0.3, 0.4) is 0 Å². The number of rotatable bonds is 2. The summed E-state index contributed by atoms with van der Waals surface area (Å²) in [5.41, 5.74) is 7.36. The van der Waals surface area contributed by atoms with Gasteiger partial charge in [-0.2, -0.15) is 0 Å². The number of fused-ring (bicyclic) bond motifs is 6. The Morgan fingerprint density at radius 2 is 0.939 bits per heavy atom. The van der Waals surface area contributed by atoms with Gasteiger partial charge in [0.25, 0.3) is 0 Å². The molecule has 0 aliphatic heterocycles. The molecule has 7 aromatic rings. The first kappa shape index (κ1) is 18.2. The monoisotopic (exact) mass is 419 g/mol. The lowest BCUT2D eigenvalue weighted by Crippen LogP contribution is -1.84. The summed E-state index contributed by atoms with van der Waals surface area (Å²) >= 11 is 0. The molecule has 0 bridgehead atoms. The second-order valence-corrected chi connectivity index (χ2v) is 8.67. The number of H-pyrrole nitrogens is 1. The van der Waals surface area contributed by atoms with Crippen LogP contribution < -0.4 is 0 Å². The number of hydrogen-bond donors (Lipinski definition) is 1. The van der Waals surface area contributed by atoms with E-state index >= 15 is 0 Å². The van der Waals surface area contributed by atoms with E-state index in [1.54, 1.807) is 0 Å². The lowest BCUT2D eigenvalue weighted by molar-refractivity contribution is 1.54. The third kappa shape index (κ3) is 2.79. The Hall–Kier alpha value is -4.36. The van der Waals surface area contributed by atoms with Gasteiger partial charge in [0.15, 0.2) is 0 Å². The molecule has 0 spiro atoms. The van der Waals surface area contributed by atoms with Gasteiger partial charge in [-0.05, 0) is 38.9 Å². The number of benzene rings is 6. The van der Waals surface area contributed by atoms with Gasteiger partial charge in [-0.3, -0.25) is 0 Å². The maximum Gasteiger partial charge on any atom is 0.0544 e. The summed E-state index contributed by atoms with van der Waals surface area (Å²) in [7, 11) is 0. The van der Waals surface area contributed by atoms with E-state index in [1.807, 2.05) is 0 Å². The van der Waals surface area contributed by atoms with Gasteiger partial charge in [0.1, 0.15) is 0 Å². The maximum atomic E-state index is 3.78.